The maximum Gasteiger partial charge on any atom is 0.331 e. The zero-order chi connectivity index (χ0) is 35.7. The van der Waals surface area contributed by atoms with E-state index in [1.807, 2.05) is 65.6 Å². The molecule has 4 aromatic rings. The molecular formula is C37H35N3O9. The Balaban J connectivity index is 1.72. The Morgan fingerprint density at radius 1 is 0.510 bits per heavy atom. The van der Waals surface area contributed by atoms with Gasteiger partial charge in [0, 0.05) is 49.0 Å². The topological polar surface area (TPSA) is 142 Å². The van der Waals surface area contributed by atoms with E-state index >= 15 is 0 Å². The number of benzene rings is 4. The molecule has 0 aliphatic rings. The van der Waals surface area contributed by atoms with Crippen molar-refractivity contribution in [3.63, 3.8) is 0 Å². The summed E-state index contributed by atoms with van der Waals surface area (Å²) in [5.74, 6) is -1.46. The number of hydrogen-bond acceptors (Lipinski definition) is 12. The Morgan fingerprint density at radius 2 is 0.878 bits per heavy atom. The maximum atomic E-state index is 13.6. The van der Waals surface area contributed by atoms with Crippen molar-refractivity contribution in [3.8, 4) is 17.2 Å². The van der Waals surface area contributed by atoms with Crippen LogP contribution >= 0.6 is 0 Å². The van der Waals surface area contributed by atoms with Crippen LogP contribution in [-0.4, -0.2) is 49.3 Å². The fourth-order valence-electron chi connectivity index (χ4n) is 4.71. The lowest BCUT2D eigenvalue weighted by Gasteiger charge is -2.26. The number of oxime groups is 2. The first-order valence-electron chi connectivity index (χ1n) is 15.0. The monoisotopic (exact) mass is 665 g/mol. The molecule has 12 nitrogen and oxygen atoms in total. The third kappa shape index (κ3) is 8.95. The summed E-state index contributed by atoms with van der Waals surface area (Å²) in [5.41, 5.74) is 5.55. The zero-order valence-electron chi connectivity index (χ0n) is 28.1. The first-order valence-corrected chi connectivity index (χ1v) is 15.0. The van der Waals surface area contributed by atoms with E-state index in [-0.39, 0.29) is 28.6 Å². The maximum absolute atomic E-state index is 13.6. The normalized spacial score (nSPS) is 11.3. The molecule has 0 unspecified atom stereocenters. The van der Waals surface area contributed by atoms with Crippen LogP contribution in [0.2, 0.25) is 0 Å². The van der Waals surface area contributed by atoms with Gasteiger partial charge in [0.15, 0.2) is 17.3 Å². The van der Waals surface area contributed by atoms with E-state index in [0.717, 1.165) is 28.2 Å². The van der Waals surface area contributed by atoms with E-state index in [0.29, 0.717) is 17.0 Å². The highest BCUT2D eigenvalue weighted by Crippen LogP contribution is 2.40. The number of carbonyl (C=O) groups is 4. The van der Waals surface area contributed by atoms with Gasteiger partial charge in [0.1, 0.15) is 0 Å². The van der Waals surface area contributed by atoms with Gasteiger partial charge in [-0.2, -0.15) is 0 Å². The second-order valence-electron chi connectivity index (χ2n) is 10.6. The van der Waals surface area contributed by atoms with Crippen LogP contribution in [0.15, 0.2) is 95.2 Å². The van der Waals surface area contributed by atoms with E-state index in [4.69, 9.17) is 23.9 Å². The molecule has 0 aromatic heterocycles. The standard InChI is InChI=1S/C37H35N3O9/c1-22(38-48-25(4)42)27-8-14-31(15-9-27)40(32-16-10-28(11-17-32)23(2)39-49-26(5)43)33-18-12-29(13-19-33)36(44)30-20-34(45-6)37(47-24(3)41)35(21-30)46-7/h8-21H,1-7H3/b38-22+,39-23+. The van der Waals surface area contributed by atoms with Crippen molar-refractivity contribution in [1.82, 2.24) is 0 Å². The Hall–Kier alpha value is -6.30. The number of anilines is 3. The average Bonchev–Trinajstić information content (AvgIpc) is 3.10. The van der Waals surface area contributed by atoms with Crippen molar-refractivity contribution in [2.45, 2.75) is 34.6 Å². The fourth-order valence-corrected chi connectivity index (χ4v) is 4.71. The van der Waals surface area contributed by atoms with Crippen LogP contribution in [-0.2, 0) is 24.1 Å². The van der Waals surface area contributed by atoms with Crippen LogP contribution in [0.3, 0.4) is 0 Å². The lowest BCUT2D eigenvalue weighted by atomic mass is 10.0. The molecule has 0 N–H and O–H groups in total. The van der Waals surface area contributed by atoms with Crippen LogP contribution in [0, 0.1) is 0 Å². The van der Waals surface area contributed by atoms with Gasteiger partial charge in [0.05, 0.1) is 25.6 Å². The van der Waals surface area contributed by atoms with Crippen molar-refractivity contribution >= 4 is 52.2 Å². The number of hydrogen-bond donors (Lipinski definition) is 0. The van der Waals surface area contributed by atoms with Crippen LogP contribution in [0.25, 0.3) is 0 Å². The van der Waals surface area contributed by atoms with Crippen LogP contribution in [0.5, 0.6) is 17.2 Å². The minimum atomic E-state index is -0.560. The minimum Gasteiger partial charge on any atom is -0.493 e. The molecule has 12 heteroatoms. The summed E-state index contributed by atoms with van der Waals surface area (Å²) in [7, 11) is 2.81. The van der Waals surface area contributed by atoms with Crippen molar-refractivity contribution in [1.29, 1.82) is 0 Å². The lowest BCUT2D eigenvalue weighted by Crippen LogP contribution is -2.11. The van der Waals surface area contributed by atoms with Crippen molar-refractivity contribution in [3.05, 3.63) is 107 Å². The highest BCUT2D eigenvalue weighted by atomic mass is 16.7. The molecule has 0 spiro atoms. The van der Waals surface area contributed by atoms with E-state index < -0.39 is 17.9 Å². The van der Waals surface area contributed by atoms with Crippen molar-refractivity contribution < 1.29 is 43.1 Å². The molecule has 0 fully saturated rings. The Morgan fingerprint density at radius 3 is 1.20 bits per heavy atom. The molecule has 49 heavy (non-hydrogen) atoms. The third-order valence-electron chi connectivity index (χ3n) is 7.07. The lowest BCUT2D eigenvalue weighted by molar-refractivity contribution is -0.141. The minimum absolute atomic E-state index is 0.0813. The number of methoxy groups -OCH3 is 2. The van der Waals surface area contributed by atoms with E-state index in [2.05, 4.69) is 10.3 Å². The number of carbonyl (C=O) groups excluding carboxylic acids is 4. The van der Waals surface area contributed by atoms with Crippen LogP contribution in [0.1, 0.15) is 61.7 Å². The van der Waals surface area contributed by atoms with Gasteiger partial charge in [-0.05, 0) is 85.6 Å². The zero-order valence-corrected chi connectivity index (χ0v) is 28.1. The van der Waals surface area contributed by atoms with Gasteiger partial charge in [0.2, 0.25) is 5.75 Å². The number of ether oxygens (including phenoxy) is 3. The van der Waals surface area contributed by atoms with Gasteiger partial charge in [-0.25, -0.2) is 9.59 Å². The first-order chi connectivity index (χ1) is 23.4. The van der Waals surface area contributed by atoms with Crippen molar-refractivity contribution in [2.24, 2.45) is 10.3 Å². The first kappa shape index (κ1) is 35.6. The van der Waals surface area contributed by atoms with E-state index in [1.54, 1.807) is 26.0 Å². The Labute approximate surface area is 283 Å². The summed E-state index contributed by atoms with van der Waals surface area (Å²) >= 11 is 0. The van der Waals surface area contributed by atoms with Gasteiger partial charge < -0.3 is 28.8 Å². The Kier molecular flexibility index (Phi) is 11.6. The largest absolute Gasteiger partial charge is 0.493 e. The van der Waals surface area contributed by atoms with E-state index in [1.165, 1.54) is 47.1 Å². The highest BCUT2D eigenvalue weighted by molar-refractivity contribution is 6.10. The summed E-state index contributed by atoms with van der Waals surface area (Å²) in [6, 6.07) is 25.0. The van der Waals surface area contributed by atoms with Crippen LogP contribution in [0.4, 0.5) is 17.1 Å². The molecule has 0 aliphatic heterocycles. The summed E-state index contributed by atoms with van der Waals surface area (Å²) < 4.78 is 16.0. The molecule has 0 atom stereocenters. The highest BCUT2D eigenvalue weighted by Gasteiger charge is 2.21. The molecule has 0 aliphatic carbocycles. The molecule has 0 amide bonds. The SMILES string of the molecule is COc1cc(C(=O)c2ccc(N(c3ccc(/C(C)=N/OC(C)=O)cc3)c3ccc(/C(C)=N/OC(C)=O)cc3)cc2)cc(OC)c1OC(C)=O. The number of ketones is 1. The third-order valence-corrected chi connectivity index (χ3v) is 7.07. The van der Waals surface area contributed by atoms with Gasteiger partial charge in [0.25, 0.3) is 0 Å². The molecule has 0 bridgehead atoms. The predicted molar refractivity (Wildman–Crippen MR) is 183 cm³/mol. The molecule has 0 heterocycles. The quantitative estimate of drug-likeness (QED) is 0.0391. The van der Waals surface area contributed by atoms with Gasteiger partial charge in [-0.1, -0.05) is 34.6 Å². The second kappa shape index (κ2) is 16.0. The summed E-state index contributed by atoms with van der Waals surface area (Å²) in [6.45, 7) is 7.28. The molecule has 0 radical (unpaired) electrons. The summed E-state index contributed by atoms with van der Waals surface area (Å²) in [4.78, 5) is 59.2. The predicted octanol–water partition coefficient (Wildman–Crippen LogP) is 6.90. The van der Waals surface area contributed by atoms with Crippen LogP contribution < -0.4 is 19.1 Å². The van der Waals surface area contributed by atoms with Gasteiger partial charge in [-0.15, -0.1) is 0 Å². The number of esters is 1. The van der Waals surface area contributed by atoms with Gasteiger partial charge >= 0.3 is 17.9 Å². The molecular weight excluding hydrogens is 630 g/mol. The molecule has 4 aromatic carbocycles. The molecule has 0 saturated heterocycles. The molecule has 252 valence electrons. The van der Waals surface area contributed by atoms with Crippen molar-refractivity contribution in [2.75, 3.05) is 19.1 Å². The van der Waals surface area contributed by atoms with Gasteiger partial charge in [-0.3, -0.25) is 9.59 Å². The Bertz CT molecular complexity index is 1810. The average molecular weight is 666 g/mol. The summed E-state index contributed by atoms with van der Waals surface area (Å²) in [5, 5.41) is 7.74. The number of rotatable bonds is 12. The number of nitrogens with zero attached hydrogens (tertiary/aromatic N) is 3. The summed E-state index contributed by atoms with van der Waals surface area (Å²) in [6.07, 6.45) is 0. The molecule has 0 saturated carbocycles. The molecule has 4 rings (SSSR count). The fraction of sp³-hybridized carbons (Fsp3) is 0.189. The second-order valence-corrected chi connectivity index (χ2v) is 10.6. The smallest absolute Gasteiger partial charge is 0.331 e. The van der Waals surface area contributed by atoms with E-state index in [9.17, 15) is 19.2 Å².